The molecule has 1 aromatic carbocycles. The predicted molar refractivity (Wildman–Crippen MR) is 65.9 cm³/mol. The van der Waals surface area contributed by atoms with Crippen LogP contribution in [0.5, 0.6) is 11.5 Å². The molecule has 1 heterocycles. The molecule has 0 spiro atoms. The van der Waals surface area contributed by atoms with Crippen LogP contribution in [-0.4, -0.2) is 10.1 Å². The third-order valence-electron chi connectivity index (χ3n) is 2.56. The summed E-state index contributed by atoms with van der Waals surface area (Å²) in [4.78, 5) is 4.03. The Morgan fingerprint density at radius 1 is 1.16 bits per heavy atom. The largest absolute Gasteiger partial charge is 0.456 e. The molecule has 0 aliphatic carbocycles. The molecule has 0 fully saturated rings. The summed E-state index contributed by atoms with van der Waals surface area (Å²) < 4.78 is 31.2. The summed E-state index contributed by atoms with van der Waals surface area (Å²) in [7, 11) is 0. The second kappa shape index (κ2) is 5.75. The third-order valence-corrected chi connectivity index (χ3v) is 2.56. The lowest BCUT2D eigenvalue weighted by Crippen LogP contribution is -1.98. The highest BCUT2D eigenvalue weighted by Gasteiger charge is 2.07. The van der Waals surface area contributed by atoms with Gasteiger partial charge < -0.3 is 9.84 Å². The molecule has 0 radical (unpaired) electrons. The summed E-state index contributed by atoms with van der Waals surface area (Å²) in [6.45, 7) is 1.84. The van der Waals surface area contributed by atoms with E-state index in [-0.39, 0.29) is 5.75 Å². The van der Waals surface area contributed by atoms with E-state index in [0.29, 0.717) is 17.9 Å². The van der Waals surface area contributed by atoms with E-state index in [1.165, 1.54) is 6.20 Å². The molecule has 1 aromatic heterocycles. The van der Waals surface area contributed by atoms with Gasteiger partial charge in [-0.1, -0.05) is 6.92 Å². The van der Waals surface area contributed by atoms with Crippen molar-refractivity contribution in [2.45, 2.75) is 19.4 Å². The van der Waals surface area contributed by atoms with Gasteiger partial charge in [0.1, 0.15) is 23.1 Å². The number of benzene rings is 1. The van der Waals surface area contributed by atoms with Gasteiger partial charge in [-0.05, 0) is 18.6 Å². The van der Waals surface area contributed by atoms with Crippen molar-refractivity contribution in [2.75, 3.05) is 0 Å². The fourth-order valence-corrected chi connectivity index (χ4v) is 1.58. The maximum absolute atomic E-state index is 13.0. The zero-order chi connectivity index (χ0) is 13.8. The first-order valence-electron chi connectivity index (χ1n) is 5.86. The Morgan fingerprint density at radius 2 is 1.84 bits per heavy atom. The van der Waals surface area contributed by atoms with E-state index < -0.39 is 17.7 Å². The lowest BCUT2D eigenvalue weighted by molar-refractivity contribution is 0.169. The second-order valence-electron chi connectivity index (χ2n) is 4.05. The van der Waals surface area contributed by atoms with Crippen LogP contribution >= 0.6 is 0 Å². The number of hydrogen-bond acceptors (Lipinski definition) is 3. The number of ether oxygens (including phenoxy) is 1. The van der Waals surface area contributed by atoms with Gasteiger partial charge in [-0.2, -0.15) is 0 Å². The Labute approximate surface area is 109 Å². The average Bonchev–Trinajstić information content (AvgIpc) is 2.37. The van der Waals surface area contributed by atoms with Crippen molar-refractivity contribution in [1.82, 2.24) is 4.98 Å². The van der Waals surface area contributed by atoms with E-state index in [1.54, 1.807) is 12.1 Å². The van der Waals surface area contributed by atoms with Gasteiger partial charge >= 0.3 is 0 Å². The number of nitrogens with zero attached hydrogens (tertiary/aromatic N) is 1. The van der Waals surface area contributed by atoms with Gasteiger partial charge in [0.15, 0.2) is 0 Å². The van der Waals surface area contributed by atoms with Crippen LogP contribution in [-0.2, 0) is 0 Å². The molecule has 1 N–H and O–H groups in total. The molecule has 0 saturated carbocycles. The number of rotatable bonds is 4. The van der Waals surface area contributed by atoms with Crippen LogP contribution in [0, 0.1) is 11.6 Å². The smallest absolute Gasteiger partial charge is 0.145 e. The van der Waals surface area contributed by atoms with Crippen molar-refractivity contribution in [3.63, 3.8) is 0 Å². The van der Waals surface area contributed by atoms with Gasteiger partial charge in [0.05, 0.1) is 18.0 Å². The molecule has 2 aromatic rings. The van der Waals surface area contributed by atoms with E-state index in [2.05, 4.69) is 4.98 Å². The van der Waals surface area contributed by atoms with Crippen molar-refractivity contribution in [2.24, 2.45) is 0 Å². The van der Waals surface area contributed by atoms with Crippen LogP contribution in [0.4, 0.5) is 8.78 Å². The average molecular weight is 265 g/mol. The molecule has 1 unspecified atom stereocenters. The van der Waals surface area contributed by atoms with Gasteiger partial charge in [0.25, 0.3) is 0 Å². The lowest BCUT2D eigenvalue weighted by Gasteiger charge is -2.09. The van der Waals surface area contributed by atoms with E-state index in [1.807, 2.05) is 6.92 Å². The fraction of sp³-hybridized carbons (Fsp3) is 0.214. The molecule has 19 heavy (non-hydrogen) atoms. The summed E-state index contributed by atoms with van der Waals surface area (Å²) in [6.07, 6.45) is 1.33. The van der Waals surface area contributed by atoms with Crippen molar-refractivity contribution in [3.05, 3.63) is 53.9 Å². The third kappa shape index (κ3) is 3.48. The number of aliphatic hydroxyl groups is 1. The fourth-order valence-electron chi connectivity index (χ4n) is 1.58. The predicted octanol–water partition coefficient (Wildman–Crippen LogP) is 3.60. The maximum atomic E-state index is 13.0. The summed E-state index contributed by atoms with van der Waals surface area (Å²) in [5.74, 6) is -1.01. The minimum absolute atomic E-state index is 0.0584. The Kier molecular flexibility index (Phi) is 4.06. The SMILES string of the molecule is CCC(O)c1ccc(Oc2cc(F)cc(F)c2)cn1. The molecule has 3 nitrogen and oxygen atoms in total. The minimum atomic E-state index is -0.707. The highest BCUT2D eigenvalue weighted by atomic mass is 19.1. The van der Waals surface area contributed by atoms with Gasteiger partial charge in [0, 0.05) is 18.2 Å². The van der Waals surface area contributed by atoms with Crippen LogP contribution in [0.3, 0.4) is 0 Å². The quantitative estimate of drug-likeness (QED) is 0.918. The normalized spacial score (nSPS) is 12.2. The molecule has 5 heteroatoms. The molecule has 0 aliphatic rings. The zero-order valence-corrected chi connectivity index (χ0v) is 10.3. The Hall–Kier alpha value is -2.01. The molecule has 0 amide bonds. The number of aliphatic hydroxyl groups excluding tert-OH is 1. The van der Waals surface area contributed by atoms with Crippen LogP contribution in [0.25, 0.3) is 0 Å². The molecular weight excluding hydrogens is 252 g/mol. The first-order valence-corrected chi connectivity index (χ1v) is 5.86. The van der Waals surface area contributed by atoms with E-state index in [4.69, 9.17) is 4.74 Å². The Morgan fingerprint density at radius 3 is 2.37 bits per heavy atom. The van der Waals surface area contributed by atoms with Gasteiger partial charge in [-0.15, -0.1) is 0 Å². The summed E-state index contributed by atoms with van der Waals surface area (Å²) in [6, 6.07) is 6.13. The van der Waals surface area contributed by atoms with E-state index in [0.717, 1.165) is 18.2 Å². The van der Waals surface area contributed by atoms with Crippen LogP contribution in [0.15, 0.2) is 36.5 Å². The minimum Gasteiger partial charge on any atom is -0.456 e. The highest BCUT2D eigenvalue weighted by Crippen LogP contribution is 2.24. The van der Waals surface area contributed by atoms with E-state index >= 15 is 0 Å². The van der Waals surface area contributed by atoms with Crippen molar-refractivity contribution < 1.29 is 18.6 Å². The van der Waals surface area contributed by atoms with Crippen molar-refractivity contribution in [1.29, 1.82) is 0 Å². The molecular formula is C14H13F2NO2. The van der Waals surface area contributed by atoms with Crippen LogP contribution in [0.1, 0.15) is 25.1 Å². The molecule has 0 saturated heterocycles. The molecule has 0 aliphatic heterocycles. The summed E-state index contributed by atoms with van der Waals surface area (Å²) >= 11 is 0. The monoisotopic (exact) mass is 265 g/mol. The van der Waals surface area contributed by atoms with Crippen molar-refractivity contribution in [3.8, 4) is 11.5 Å². The molecule has 100 valence electrons. The molecule has 2 rings (SSSR count). The van der Waals surface area contributed by atoms with Crippen molar-refractivity contribution >= 4 is 0 Å². The Balaban J connectivity index is 2.15. The number of pyridine rings is 1. The standard InChI is InChI=1S/C14H13F2NO2/c1-2-14(18)13-4-3-11(8-17-13)19-12-6-9(15)5-10(16)7-12/h3-8,14,18H,2H2,1H3. The lowest BCUT2D eigenvalue weighted by atomic mass is 10.2. The molecule has 0 bridgehead atoms. The first kappa shape index (κ1) is 13.4. The van der Waals surface area contributed by atoms with Gasteiger partial charge in [-0.3, -0.25) is 4.98 Å². The van der Waals surface area contributed by atoms with Crippen LogP contribution in [0.2, 0.25) is 0 Å². The zero-order valence-electron chi connectivity index (χ0n) is 10.3. The summed E-state index contributed by atoms with van der Waals surface area (Å²) in [5.41, 5.74) is 0.528. The van der Waals surface area contributed by atoms with Gasteiger partial charge in [0.2, 0.25) is 0 Å². The Bertz CT molecular complexity index is 538. The first-order chi connectivity index (χ1) is 9.08. The van der Waals surface area contributed by atoms with Gasteiger partial charge in [-0.25, -0.2) is 8.78 Å². The highest BCUT2D eigenvalue weighted by molar-refractivity contribution is 5.31. The number of halogens is 2. The van der Waals surface area contributed by atoms with E-state index in [9.17, 15) is 13.9 Å². The summed E-state index contributed by atoms with van der Waals surface area (Å²) in [5, 5.41) is 9.58. The maximum Gasteiger partial charge on any atom is 0.145 e. The van der Waals surface area contributed by atoms with Crippen LogP contribution < -0.4 is 4.74 Å². The molecule has 1 atom stereocenters. The number of hydrogen-bond donors (Lipinski definition) is 1. The second-order valence-corrected chi connectivity index (χ2v) is 4.05. The number of aromatic nitrogens is 1. The topological polar surface area (TPSA) is 42.4 Å².